The van der Waals surface area contributed by atoms with Crippen LogP contribution in [0.2, 0.25) is 0 Å². The number of benzene rings is 3. The van der Waals surface area contributed by atoms with Crippen LogP contribution in [-0.2, 0) is 0 Å². The lowest BCUT2D eigenvalue weighted by Gasteiger charge is -2.14. The van der Waals surface area contributed by atoms with Gasteiger partial charge < -0.3 is 14.8 Å². The number of aromatic nitrogens is 1. The fourth-order valence-corrected chi connectivity index (χ4v) is 4.03. The van der Waals surface area contributed by atoms with Crippen molar-refractivity contribution in [3.8, 4) is 16.8 Å². The molecule has 0 saturated heterocycles. The van der Waals surface area contributed by atoms with Gasteiger partial charge in [-0.15, -0.1) is 0 Å². The zero-order valence-electron chi connectivity index (χ0n) is 17.6. The predicted octanol–water partition coefficient (Wildman–Crippen LogP) is 4.27. The zero-order valence-corrected chi connectivity index (χ0v) is 17.6. The van der Waals surface area contributed by atoms with E-state index in [0.717, 1.165) is 11.1 Å². The molecule has 0 aliphatic heterocycles. The van der Waals surface area contributed by atoms with E-state index in [0.29, 0.717) is 38.3 Å². The summed E-state index contributed by atoms with van der Waals surface area (Å²) >= 11 is 0. The molecule has 0 bridgehead atoms. The van der Waals surface area contributed by atoms with E-state index in [9.17, 15) is 24.2 Å². The van der Waals surface area contributed by atoms with Crippen molar-refractivity contribution in [1.82, 2.24) is 4.57 Å². The summed E-state index contributed by atoms with van der Waals surface area (Å²) in [5.74, 6) is -2.50. The highest BCUT2D eigenvalue weighted by molar-refractivity contribution is 5.96. The lowest BCUT2D eigenvalue weighted by atomic mass is 9.95. The first kappa shape index (κ1) is 21.1. The van der Waals surface area contributed by atoms with Gasteiger partial charge in [0.05, 0.1) is 16.8 Å². The molecule has 32 heavy (non-hydrogen) atoms. The first-order valence-electron chi connectivity index (χ1n) is 9.81. The Kier molecular flexibility index (Phi) is 4.93. The molecule has 2 N–H and O–H groups in total. The minimum absolute atomic E-state index is 0.0406. The highest BCUT2D eigenvalue weighted by Gasteiger charge is 2.18. The molecule has 0 unspecified atom stereocenters. The van der Waals surface area contributed by atoms with E-state index in [1.165, 1.54) is 24.3 Å². The van der Waals surface area contributed by atoms with Crippen molar-refractivity contribution in [3.63, 3.8) is 0 Å². The van der Waals surface area contributed by atoms with Crippen molar-refractivity contribution in [2.24, 2.45) is 0 Å². The summed E-state index contributed by atoms with van der Waals surface area (Å²) in [5.41, 5.74) is 3.27. The second kappa shape index (κ2) is 7.50. The van der Waals surface area contributed by atoms with Crippen molar-refractivity contribution >= 4 is 35.9 Å². The van der Waals surface area contributed by atoms with Crippen LogP contribution in [0.4, 0.5) is 4.39 Å². The van der Waals surface area contributed by atoms with Gasteiger partial charge in [-0.2, -0.15) is 0 Å². The number of nitrogens with zero attached hydrogens (tertiary/aromatic N) is 1. The van der Waals surface area contributed by atoms with E-state index in [-0.39, 0.29) is 16.9 Å². The molecule has 0 fully saturated rings. The van der Waals surface area contributed by atoms with E-state index in [2.05, 4.69) is 13.2 Å². The Balaban J connectivity index is 2.05. The van der Waals surface area contributed by atoms with Crippen LogP contribution in [0.5, 0.6) is 0 Å². The lowest BCUT2D eigenvalue weighted by Crippen LogP contribution is -2.25. The molecule has 3 aromatic carbocycles. The van der Waals surface area contributed by atoms with E-state index in [1.807, 2.05) is 6.92 Å². The highest BCUT2D eigenvalue weighted by atomic mass is 19.1. The quantitative estimate of drug-likeness (QED) is 0.508. The number of hydrogen-bond donors (Lipinski definition) is 2. The van der Waals surface area contributed by atoms with Gasteiger partial charge in [-0.1, -0.05) is 31.4 Å². The van der Waals surface area contributed by atoms with E-state index >= 15 is 0 Å². The number of hydrogen-bond acceptors (Lipinski definition) is 2. The van der Waals surface area contributed by atoms with Gasteiger partial charge >= 0.3 is 11.9 Å². The van der Waals surface area contributed by atoms with Gasteiger partial charge in [-0.3, -0.25) is 0 Å². The molecule has 0 saturated carbocycles. The Morgan fingerprint density at radius 3 is 2.19 bits per heavy atom. The second-order valence-corrected chi connectivity index (χ2v) is 7.68. The number of aromatic carboxylic acids is 2. The standard InChI is InChI=1S/C26H20FNO4/c1-13-14(2)23(27)10-9-19(13)17-5-8-21(26(31)32)24(12-17)28-15(3)20-7-6-18(25(29)30)11-22(20)16(28)4/h5-12H,3-4H2,1-2H3,(H,29,30)(H,31,32). The first-order valence-corrected chi connectivity index (χ1v) is 9.81. The van der Waals surface area contributed by atoms with Crippen molar-refractivity contribution in [2.75, 3.05) is 0 Å². The molecule has 160 valence electrons. The molecule has 1 heterocycles. The third-order valence-electron chi connectivity index (χ3n) is 5.93. The van der Waals surface area contributed by atoms with Crippen LogP contribution in [0.3, 0.4) is 0 Å². The number of carboxylic acid groups (broad SMARTS) is 2. The Bertz CT molecular complexity index is 1550. The molecule has 5 nitrogen and oxygen atoms in total. The maximum Gasteiger partial charge on any atom is 0.337 e. The van der Waals surface area contributed by atoms with Crippen LogP contribution < -0.4 is 10.7 Å². The Morgan fingerprint density at radius 1 is 0.844 bits per heavy atom. The average Bonchev–Trinajstić information content (AvgIpc) is 3.01. The Labute approximate surface area is 183 Å². The summed E-state index contributed by atoms with van der Waals surface area (Å²) in [4.78, 5) is 23.4. The van der Waals surface area contributed by atoms with Crippen molar-refractivity contribution in [3.05, 3.63) is 87.3 Å². The average molecular weight is 429 g/mol. The molecule has 4 aromatic rings. The van der Waals surface area contributed by atoms with Crippen molar-refractivity contribution < 1.29 is 24.2 Å². The molecular weight excluding hydrogens is 409 g/mol. The number of fused-ring (bicyclic) bond motifs is 1. The molecule has 0 aliphatic rings. The summed E-state index contributed by atoms with van der Waals surface area (Å²) in [6.45, 7) is 11.7. The van der Waals surface area contributed by atoms with Crippen LogP contribution in [0.25, 0.3) is 40.7 Å². The summed E-state index contributed by atoms with van der Waals surface area (Å²) in [7, 11) is 0. The molecule has 0 aliphatic carbocycles. The number of carbonyl (C=O) groups is 2. The van der Waals surface area contributed by atoms with Crippen LogP contribution in [0.15, 0.2) is 48.5 Å². The van der Waals surface area contributed by atoms with Gasteiger partial charge in [-0.25, -0.2) is 14.0 Å². The topological polar surface area (TPSA) is 79.5 Å². The van der Waals surface area contributed by atoms with Crippen LogP contribution in [0.1, 0.15) is 31.8 Å². The molecule has 0 radical (unpaired) electrons. The second-order valence-electron chi connectivity index (χ2n) is 7.68. The summed E-state index contributed by atoms with van der Waals surface area (Å²) in [6.07, 6.45) is 0. The van der Waals surface area contributed by atoms with Crippen LogP contribution >= 0.6 is 0 Å². The first-order chi connectivity index (χ1) is 15.1. The fraction of sp³-hybridized carbons (Fsp3) is 0.0769. The smallest absolute Gasteiger partial charge is 0.337 e. The maximum atomic E-state index is 14.0. The number of rotatable bonds is 4. The fourth-order valence-electron chi connectivity index (χ4n) is 4.03. The molecule has 6 heteroatoms. The minimum Gasteiger partial charge on any atom is -0.478 e. The molecule has 0 amide bonds. The van der Waals surface area contributed by atoms with Crippen molar-refractivity contribution in [2.45, 2.75) is 13.8 Å². The van der Waals surface area contributed by atoms with E-state index in [4.69, 9.17) is 0 Å². The van der Waals surface area contributed by atoms with Gasteiger partial charge in [-0.05, 0) is 66.4 Å². The number of halogens is 1. The molecular formula is C26H20FNO4. The highest BCUT2D eigenvalue weighted by Crippen LogP contribution is 2.30. The van der Waals surface area contributed by atoms with Crippen LogP contribution in [0, 0.1) is 19.7 Å². The minimum atomic E-state index is -1.12. The van der Waals surface area contributed by atoms with Gasteiger partial charge in [0.1, 0.15) is 5.82 Å². The Hall–Kier alpha value is -4.19. The van der Waals surface area contributed by atoms with Crippen LogP contribution in [-0.4, -0.2) is 26.7 Å². The molecule has 4 rings (SSSR count). The van der Waals surface area contributed by atoms with Crippen molar-refractivity contribution in [1.29, 1.82) is 0 Å². The number of carboxylic acids is 2. The third kappa shape index (κ3) is 3.17. The monoisotopic (exact) mass is 429 g/mol. The largest absolute Gasteiger partial charge is 0.478 e. The third-order valence-corrected chi connectivity index (χ3v) is 5.93. The van der Waals surface area contributed by atoms with Gasteiger partial charge in [0.15, 0.2) is 0 Å². The van der Waals surface area contributed by atoms with E-state index < -0.39 is 11.9 Å². The lowest BCUT2D eigenvalue weighted by molar-refractivity contribution is 0.0686. The van der Waals surface area contributed by atoms with Gasteiger partial charge in [0.2, 0.25) is 0 Å². The normalized spacial score (nSPS) is 11.1. The summed E-state index contributed by atoms with van der Waals surface area (Å²) < 4.78 is 15.6. The summed E-state index contributed by atoms with van der Waals surface area (Å²) in [5, 5.41) is 21.3. The summed E-state index contributed by atoms with van der Waals surface area (Å²) in [6, 6.07) is 12.6. The Morgan fingerprint density at radius 2 is 1.53 bits per heavy atom. The predicted molar refractivity (Wildman–Crippen MR) is 122 cm³/mol. The van der Waals surface area contributed by atoms with Gasteiger partial charge in [0.25, 0.3) is 0 Å². The maximum absolute atomic E-state index is 14.0. The van der Waals surface area contributed by atoms with E-state index in [1.54, 1.807) is 35.8 Å². The van der Waals surface area contributed by atoms with Gasteiger partial charge in [0, 0.05) is 21.5 Å². The molecule has 1 aromatic heterocycles. The SMILES string of the molecule is C=c1c2ccc(C(=O)O)cc2c(=C)n1-c1cc(-c2ccc(F)c(C)c2C)ccc1C(=O)O. The zero-order chi connectivity index (χ0) is 23.3. The molecule has 0 spiro atoms. The molecule has 0 atom stereocenters.